The van der Waals surface area contributed by atoms with Crippen molar-refractivity contribution in [1.82, 2.24) is 15.3 Å². The number of anilines is 1. The zero-order valence-electron chi connectivity index (χ0n) is 16.5. The highest BCUT2D eigenvalue weighted by molar-refractivity contribution is 6.09. The van der Waals surface area contributed by atoms with Crippen molar-refractivity contribution >= 4 is 17.7 Å². The maximum atomic E-state index is 13.1. The van der Waals surface area contributed by atoms with E-state index in [-0.39, 0.29) is 11.8 Å². The molecule has 1 aliphatic rings. The lowest BCUT2D eigenvalue weighted by molar-refractivity contribution is 0.103. The number of allylic oxidation sites excluding steroid dienone is 1. The molecule has 29 heavy (non-hydrogen) atoms. The summed E-state index contributed by atoms with van der Waals surface area (Å²) < 4.78 is 0. The number of carbonyl (C=O) groups is 1. The molecule has 0 aliphatic carbocycles. The minimum Gasteiger partial charge on any atom is -0.353 e. The molecule has 146 valence electrons. The molecule has 2 aromatic heterocycles. The second-order valence-corrected chi connectivity index (χ2v) is 7.04. The minimum atomic E-state index is -0.109. The summed E-state index contributed by atoms with van der Waals surface area (Å²) in [6.45, 7) is 4.46. The molecule has 5 heteroatoms. The van der Waals surface area contributed by atoms with Crippen LogP contribution in [0.1, 0.15) is 40.1 Å². The highest BCUT2D eigenvalue weighted by Crippen LogP contribution is 2.24. The van der Waals surface area contributed by atoms with Gasteiger partial charge in [0.2, 0.25) is 5.78 Å². The molecular formula is C24H24N4O. The van der Waals surface area contributed by atoms with Crippen molar-refractivity contribution in [3.63, 3.8) is 0 Å². The first kappa shape index (κ1) is 19.0. The number of hydrogen-bond acceptors (Lipinski definition) is 5. The molecule has 0 radical (unpaired) electrons. The van der Waals surface area contributed by atoms with E-state index in [1.807, 2.05) is 37.3 Å². The van der Waals surface area contributed by atoms with Gasteiger partial charge in [-0.05, 0) is 36.8 Å². The lowest BCUT2D eigenvalue weighted by atomic mass is 10.0. The molecule has 1 fully saturated rings. The van der Waals surface area contributed by atoms with Crippen LogP contribution in [0.15, 0.2) is 73.1 Å². The zero-order chi connectivity index (χ0) is 20.1. The zero-order valence-corrected chi connectivity index (χ0v) is 16.5. The summed E-state index contributed by atoms with van der Waals surface area (Å²) in [6, 6.07) is 18.2. The van der Waals surface area contributed by atoms with Gasteiger partial charge < -0.3 is 10.2 Å². The van der Waals surface area contributed by atoms with Gasteiger partial charge in [-0.3, -0.25) is 9.78 Å². The smallest absolute Gasteiger partial charge is 0.213 e. The highest BCUT2D eigenvalue weighted by Gasteiger charge is 2.23. The number of ketones is 1. The average molecular weight is 384 g/mol. The molecule has 3 aromatic rings. The van der Waals surface area contributed by atoms with E-state index in [4.69, 9.17) is 4.98 Å². The Kier molecular flexibility index (Phi) is 5.77. The first-order valence-electron chi connectivity index (χ1n) is 9.88. The van der Waals surface area contributed by atoms with Crippen molar-refractivity contribution < 1.29 is 4.79 Å². The Bertz CT molecular complexity index is 1000. The standard InChI is InChI=1S/C24H24N4O/c1-2-7-19-11-12-22(27-23(19)24(29)20-10-6-13-25-16-20)28-15-14-26-21(17-28)18-8-4-3-5-9-18/h2-13,16,21,26H,14-15,17H2,1H3/b7-2+. The monoisotopic (exact) mass is 384 g/mol. The Morgan fingerprint density at radius 2 is 2.00 bits per heavy atom. The third-order valence-electron chi connectivity index (χ3n) is 5.10. The lowest BCUT2D eigenvalue weighted by Gasteiger charge is -2.35. The topological polar surface area (TPSA) is 58.1 Å². The van der Waals surface area contributed by atoms with Crippen LogP contribution in [-0.2, 0) is 0 Å². The van der Waals surface area contributed by atoms with Gasteiger partial charge in [-0.2, -0.15) is 0 Å². The van der Waals surface area contributed by atoms with Crippen LogP contribution in [-0.4, -0.2) is 35.4 Å². The fourth-order valence-corrected chi connectivity index (χ4v) is 3.63. The number of piperazine rings is 1. The van der Waals surface area contributed by atoms with E-state index in [9.17, 15) is 4.79 Å². The third-order valence-corrected chi connectivity index (χ3v) is 5.10. The molecule has 4 rings (SSSR count). The van der Waals surface area contributed by atoms with E-state index in [1.165, 1.54) is 5.56 Å². The summed E-state index contributed by atoms with van der Waals surface area (Å²) in [4.78, 5) is 24.2. The van der Waals surface area contributed by atoms with Crippen LogP contribution in [0.5, 0.6) is 0 Å². The van der Waals surface area contributed by atoms with Crippen molar-refractivity contribution in [2.45, 2.75) is 13.0 Å². The Balaban J connectivity index is 1.65. The number of carbonyl (C=O) groups excluding carboxylic acids is 1. The Hall–Kier alpha value is -3.31. The number of nitrogens with one attached hydrogen (secondary N) is 1. The number of benzene rings is 1. The largest absolute Gasteiger partial charge is 0.353 e. The fraction of sp³-hybridized carbons (Fsp3) is 0.208. The van der Waals surface area contributed by atoms with E-state index in [1.54, 1.807) is 24.5 Å². The van der Waals surface area contributed by atoms with Crippen LogP contribution in [0.4, 0.5) is 5.82 Å². The van der Waals surface area contributed by atoms with Crippen LogP contribution >= 0.6 is 0 Å². The van der Waals surface area contributed by atoms with Gasteiger partial charge in [0.1, 0.15) is 11.5 Å². The number of hydrogen-bond donors (Lipinski definition) is 1. The quantitative estimate of drug-likeness (QED) is 0.677. The third kappa shape index (κ3) is 4.25. The predicted octanol–water partition coefficient (Wildman–Crippen LogP) is 3.89. The van der Waals surface area contributed by atoms with E-state index in [0.29, 0.717) is 11.3 Å². The number of pyridine rings is 2. The second kappa shape index (κ2) is 8.80. The first-order chi connectivity index (χ1) is 14.3. The molecule has 1 N–H and O–H groups in total. The van der Waals surface area contributed by atoms with E-state index < -0.39 is 0 Å². The van der Waals surface area contributed by atoms with Crippen molar-refractivity contribution in [1.29, 1.82) is 0 Å². The normalized spacial score (nSPS) is 16.9. The van der Waals surface area contributed by atoms with Gasteiger partial charge in [-0.25, -0.2) is 4.98 Å². The first-order valence-corrected chi connectivity index (χ1v) is 9.88. The van der Waals surface area contributed by atoms with E-state index in [2.05, 4.69) is 39.5 Å². The molecule has 1 atom stereocenters. The van der Waals surface area contributed by atoms with Gasteiger partial charge >= 0.3 is 0 Å². The summed E-state index contributed by atoms with van der Waals surface area (Å²) in [5.74, 6) is 0.718. The Morgan fingerprint density at radius 1 is 1.14 bits per heavy atom. The highest BCUT2D eigenvalue weighted by atomic mass is 16.1. The molecule has 1 unspecified atom stereocenters. The summed E-state index contributed by atoms with van der Waals surface area (Å²) in [7, 11) is 0. The van der Waals surface area contributed by atoms with Gasteiger partial charge in [0.15, 0.2) is 0 Å². The summed E-state index contributed by atoms with van der Waals surface area (Å²) in [5.41, 5.74) is 3.09. The average Bonchev–Trinajstić information content (AvgIpc) is 2.80. The maximum Gasteiger partial charge on any atom is 0.213 e. The van der Waals surface area contributed by atoms with Crippen molar-refractivity contribution in [3.8, 4) is 0 Å². The van der Waals surface area contributed by atoms with E-state index in [0.717, 1.165) is 31.0 Å². The van der Waals surface area contributed by atoms with Gasteiger partial charge in [0.25, 0.3) is 0 Å². The van der Waals surface area contributed by atoms with Crippen molar-refractivity contribution in [2.75, 3.05) is 24.5 Å². The number of aromatic nitrogens is 2. The second-order valence-electron chi connectivity index (χ2n) is 7.04. The lowest BCUT2D eigenvalue weighted by Crippen LogP contribution is -2.46. The van der Waals surface area contributed by atoms with Gasteiger partial charge in [0, 0.05) is 49.2 Å². The predicted molar refractivity (Wildman–Crippen MR) is 116 cm³/mol. The van der Waals surface area contributed by atoms with Crippen LogP contribution in [0, 0.1) is 0 Å². The molecule has 0 bridgehead atoms. The van der Waals surface area contributed by atoms with E-state index >= 15 is 0 Å². The summed E-state index contributed by atoms with van der Waals surface area (Å²) >= 11 is 0. The van der Waals surface area contributed by atoms with Crippen LogP contribution < -0.4 is 10.2 Å². The summed E-state index contributed by atoms with van der Waals surface area (Å²) in [6.07, 6.45) is 7.10. The number of rotatable bonds is 5. The Morgan fingerprint density at radius 3 is 2.76 bits per heavy atom. The van der Waals surface area contributed by atoms with Gasteiger partial charge in [0.05, 0.1) is 0 Å². The summed E-state index contributed by atoms with van der Waals surface area (Å²) in [5, 5.41) is 3.57. The Labute approximate surface area is 171 Å². The minimum absolute atomic E-state index is 0.109. The van der Waals surface area contributed by atoms with Crippen LogP contribution in [0.3, 0.4) is 0 Å². The molecule has 1 aromatic carbocycles. The van der Waals surface area contributed by atoms with Crippen LogP contribution in [0.25, 0.3) is 6.08 Å². The van der Waals surface area contributed by atoms with Gasteiger partial charge in [-0.15, -0.1) is 0 Å². The van der Waals surface area contributed by atoms with Crippen molar-refractivity contribution in [2.24, 2.45) is 0 Å². The van der Waals surface area contributed by atoms with Gasteiger partial charge in [-0.1, -0.05) is 42.5 Å². The fourth-order valence-electron chi connectivity index (χ4n) is 3.63. The molecule has 0 amide bonds. The molecule has 1 saturated heterocycles. The number of nitrogens with zero attached hydrogens (tertiary/aromatic N) is 3. The molecule has 0 saturated carbocycles. The molecule has 5 nitrogen and oxygen atoms in total. The molecule has 0 spiro atoms. The van der Waals surface area contributed by atoms with Crippen molar-refractivity contribution in [3.05, 3.63) is 95.5 Å². The van der Waals surface area contributed by atoms with Crippen LogP contribution in [0.2, 0.25) is 0 Å². The molecule has 1 aliphatic heterocycles. The maximum absolute atomic E-state index is 13.1. The molecular weight excluding hydrogens is 360 g/mol. The molecule has 3 heterocycles. The SMILES string of the molecule is C/C=C/c1ccc(N2CCNC(c3ccccc3)C2)nc1C(=O)c1cccnc1.